The number of hydrogen-bond acceptors (Lipinski definition) is 0. The van der Waals surface area contributed by atoms with Crippen LogP contribution >= 0.6 is 0 Å². The number of rotatable bonds is 7. The first-order valence-corrected chi connectivity index (χ1v) is 14.2. The Bertz CT molecular complexity index is 757. The lowest BCUT2D eigenvalue weighted by molar-refractivity contribution is 0.109. The second-order valence-corrected chi connectivity index (χ2v) is 11.5. The van der Waals surface area contributed by atoms with E-state index in [4.69, 9.17) is 0 Å². The minimum absolute atomic E-state index is 0.209. The molecule has 0 spiro atoms. The third kappa shape index (κ3) is 6.09. The van der Waals surface area contributed by atoms with Crippen LogP contribution in [-0.4, -0.2) is 0 Å². The van der Waals surface area contributed by atoms with Gasteiger partial charge in [0.2, 0.25) is 0 Å². The van der Waals surface area contributed by atoms with Gasteiger partial charge in [-0.25, -0.2) is 8.78 Å². The van der Waals surface area contributed by atoms with Crippen LogP contribution in [0.3, 0.4) is 0 Å². The summed E-state index contributed by atoms with van der Waals surface area (Å²) < 4.78 is 28.9. The standard InChI is InChI=1S/C31H46F2/c1-3-5-6-7-22-8-10-24(11-9-22)25-12-14-26(15-13-25)27-16-18-28(19-17-27)29-21-20-23(4-2)30(32)31(29)33/h3,5,20-22,24-28H,4,6-19H2,1-2H3/b5-3+. The van der Waals surface area contributed by atoms with Crippen LogP contribution in [0.5, 0.6) is 0 Å². The molecule has 3 fully saturated rings. The lowest BCUT2D eigenvalue weighted by Gasteiger charge is -2.41. The van der Waals surface area contributed by atoms with Gasteiger partial charge in [-0.15, -0.1) is 0 Å². The summed E-state index contributed by atoms with van der Waals surface area (Å²) in [7, 11) is 0. The molecule has 0 heterocycles. The average Bonchev–Trinajstić information content (AvgIpc) is 2.87. The maximum absolute atomic E-state index is 14.6. The number of allylic oxidation sites excluding steroid dienone is 2. The molecule has 2 heteroatoms. The van der Waals surface area contributed by atoms with E-state index in [9.17, 15) is 8.78 Å². The fourth-order valence-corrected chi connectivity index (χ4v) is 7.63. The van der Waals surface area contributed by atoms with E-state index in [1.165, 1.54) is 77.0 Å². The molecule has 0 saturated heterocycles. The highest BCUT2D eigenvalue weighted by Gasteiger charge is 2.35. The highest BCUT2D eigenvalue weighted by molar-refractivity contribution is 5.29. The predicted molar refractivity (Wildman–Crippen MR) is 135 cm³/mol. The van der Waals surface area contributed by atoms with Gasteiger partial charge >= 0.3 is 0 Å². The van der Waals surface area contributed by atoms with Crippen molar-refractivity contribution in [3.8, 4) is 0 Å². The molecule has 0 unspecified atom stereocenters. The first kappa shape index (κ1) is 24.9. The van der Waals surface area contributed by atoms with E-state index in [1.807, 2.05) is 13.0 Å². The molecular weight excluding hydrogens is 410 g/mol. The van der Waals surface area contributed by atoms with Gasteiger partial charge in [-0.2, -0.15) is 0 Å². The Morgan fingerprint density at radius 2 is 1.24 bits per heavy atom. The molecule has 1 aromatic carbocycles. The molecule has 0 aromatic heterocycles. The third-order valence-electron chi connectivity index (χ3n) is 9.80. The van der Waals surface area contributed by atoms with E-state index in [1.54, 1.807) is 6.07 Å². The van der Waals surface area contributed by atoms with Crippen molar-refractivity contribution < 1.29 is 8.78 Å². The first-order valence-electron chi connectivity index (χ1n) is 14.2. The van der Waals surface area contributed by atoms with Gasteiger partial charge in [0.05, 0.1) is 0 Å². The van der Waals surface area contributed by atoms with Gasteiger partial charge in [-0.3, -0.25) is 0 Å². The van der Waals surface area contributed by atoms with Crippen molar-refractivity contribution in [2.45, 2.75) is 116 Å². The van der Waals surface area contributed by atoms with Gasteiger partial charge < -0.3 is 0 Å². The lowest BCUT2D eigenvalue weighted by atomic mass is 9.64. The predicted octanol–water partition coefficient (Wildman–Crippen LogP) is 9.77. The summed E-state index contributed by atoms with van der Waals surface area (Å²) >= 11 is 0. The fourth-order valence-electron chi connectivity index (χ4n) is 7.63. The molecule has 0 bridgehead atoms. The third-order valence-corrected chi connectivity index (χ3v) is 9.80. The Kier molecular flexibility index (Phi) is 9.05. The van der Waals surface area contributed by atoms with E-state index < -0.39 is 11.6 Å². The molecule has 0 N–H and O–H groups in total. The van der Waals surface area contributed by atoms with Crippen LogP contribution in [-0.2, 0) is 6.42 Å². The monoisotopic (exact) mass is 456 g/mol. The molecule has 3 aliphatic rings. The molecule has 3 saturated carbocycles. The summed E-state index contributed by atoms with van der Waals surface area (Å²) in [4.78, 5) is 0. The first-order chi connectivity index (χ1) is 16.1. The Morgan fingerprint density at radius 1 is 0.727 bits per heavy atom. The number of aryl methyl sites for hydroxylation is 1. The lowest BCUT2D eigenvalue weighted by Crippen LogP contribution is -2.29. The van der Waals surface area contributed by atoms with Crippen LogP contribution in [0.1, 0.15) is 121 Å². The van der Waals surface area contributed by atoms with Crippen LogP contribution in [0, 0.1) is 41.2 Å². The minimum Gasteiger partial charge on any atom is -0.203 e. The van der Waals surface area contributed by atoms with Crippen molar-refractivity contribution in [1.29, 1.82) is 0 Å². The van der Waals surface area contributed by atoms with Gasteiger partial charge in [0.15, 0.2) is 11.6 Å². The van der Waals surface area contributed by atoms with E-state index in [0.29, 0.717) is 17.5 Å². The molecule has 33 heavy (non-hydrogen) atoms. The molecule has 0 nitrogen and oxygen atoms in total. The second kappa shape index (κ2) is 12.0. The average molecular weight is 457 g/mol. The van der Waals surface area contributed by atoms with Crippen molar-refractivity contribution in [2.75, 3.05) is 0 Å². The molecule has 3 aliphatic carbocycles. The summed E-state index contributed by atoms with van der Waals surface area (Å²) in [6.07, 6.45) is 23.8. The van der Waals surface area contributed by atoms with Crippen molar-refractivity contribution >= 4 is 0 Å². The largest absolute Gasteiger partial charge is 0.203 e. The van der Waals surface area contributed by atoms with Crippen LogP contribution < -0.4 is 0 Å². The smallest absolute Gasteiger partial charge is 0.162 e. The molecule has 0 atom stereocenters. The zero-order chi connectivity index (χ0) is 23.2. The highest BCUT2D eigenvalue weighted by Crippen LogP contribution is 2.47. The Hall–Kier alpha value is -1.18. The summed E-state index contributed by atoms with van der Waals surface area (Å²) in [5, 5.41) is 0. The number of hydrogen-bond donors (Lipinski definition) is 0. The maximum Gasteiger partial charge on any atom is 0.162 e. The Balaban J connectivity index is 1.20. The molecular formula is C31H46F2. The minimum atomic E-state index is -0.609. The normalized spacial score (nSPS) is 33.5. The zero-order valence-electron chi connectivity index (χ0n) is 21.1. The van der Waals surface area contributed by atoms with Gasteiger partial charge in [-0.1, -0.05) is 44.1 Å². The highest BCUT2D eigenvalue weighted by atomic mass is 19.2. The summed E-state index contributed by atoms with van der Waals surface area (Å²) in [6.45, 7) is 4.01. The van der Waals surface area contributed by atoms with E-state index in [2.05, 4.69) is 19.1 Å². The molecule has 0 aliphatic heterocycles. The molecule has 0 amide bonds. The van der Waals surface area contributed by atoms with Crippen molar-refractivity contribution in [2.24, 2.45) is 29.6 Å². The molecule has 184 valence electrons. The van der Waals surface area contributed by atoms with Crippen molar-refractivity contribution in [3.63, 3.8) is 0 Å². The fraction of sp³-hybridized carbons (Fsp3) is 0.742. The van der Waals surface area contributed by atoms with E-state index in [-0.39, 0.29) is 5.92 Å². The van der Waals surface area contributed by atoms with Crippen LogP contribution in [0.2, 0.25) is 0 Å². The molecule has 0 radical (unpaired) electrons. The number of benzene rings is 1. The van der Waals surface area contributed by atoms with Gasteiger partial charge in [0, 0.05) is 0 Å². The van der Waals surface area contributed by atoms with Crippen LogP contribution in [0.15, 0.2) is 24.3 Å². The van der Waals surface area contributed by atoms with E-state index >= 15 is 0 Å². The summed E-state index contributed by atoms with van der Waals surface area (Å²) in [5.74, 6) is 3.65. The number of halogens is 2. The van der Waals surface area contributed by atoms with E-state index in [0.717, 1.165) is 42.4 Å². The van der Waals surface area contributed by atoms with Crippen molar-refractivity contribution in [1.82, 2.24) is 0 Å². The van der Waals surface area contributed by atoms with Crippen LogP contribution in [0.25, 0.3) is 0 Å². The van der Waals surface area contributed by atoms with Gasteiger partial charge in [-0.05, 0) is 137 Å². The van der Waals surface area contributed by atoms with Crippen molar-refractivity contribution in [3.05, 3.63) is 47.0 Å². The maximum atomic E-state index is 14.6. The Labute approximate surface area is 201 Å². The topological polar surface area (TPSA) is 0 Å². The SMILES string of the molecule is C/C=C/CCC1CCC(C2CCC(C3CCC(c4ccc(CC)c(F)c4F)CC3)CC2)CC1. The van der Waals surface area contributed by atoms with Gasteiger partial charge in [0.1, 0.15) is 0 Å². The Morgan fingerprint density at radius 3 is 1.76 bits per heavy atom. The zero-order valence-corrected chi connectivity index (χ0v) is 21.1. The van der Waals surface area contributed by atoms with Gasteiger partial charge in [0.25, 0.3) is 0 Å². The summed E-state index contributed by atoms with van der Waals surface area (Å²) in [6, 6.07) is 3.67. The second-order valence-electron chi connectivity index (χ2n) is 11.5. The quantitative estimate of drug-likeness (QED) is 0.358. The molecule has 4 rings (SSSR count). The molecule has 1 aromatic rings. The van der Waals surface area contributed by atoms with Crippen LogP contribution in [0.4, 0.5) is 8.78 Å². The summed E-state index contributed by atoms with van der Waals surface area (Å²) in [5.41, 5.74) is 1.14.